The lowest BCUT2D eigenvalue weighted by Gasteiger charge is -2.08. The molecule has 0 heterocycles. The molecule has 0 aromatic heterocycles. The van der Waals surface area contributed by atoms with E-state index in [1.54, 1.807) is 18.2 Å². The molecule has 1 rings (SSSR count). The van der Waals surface area contributed by atoms with Gasteiger partial charge in [-0.2, -0.15) is 0 Å². The fourth-order valence-corrected chi connectivity index (χ4v) is 2.63. The highest BCUT2D eigenvalue weighted by Gasteiger charge is 2.10. The first-order valence-electron chi connectivity index (χ1n) is 4.60. The van der Waals surface area contributed by atoms with Gasteiger partial charge in [0.2, 0.25) is 10.0 Å². The molecule has 7 heteroatoms. The quantitative estimate of drug-likeness (QED) is 0.871. The molecule has 0 fully saturated rings. The highest BCUT2D eigenvalue weighted by molar-refractivity contribution is 9.10. The molecule has 4 nitrogen and oxygen atoms in total. The molecule has 0 spiro atoms. The van der Waals surface area contributed by atoms with Crippen LogP contribution >= 0.6 is 27.5 Å². The summed E-state index contributed by atoms with van der Waals surface area (Å²) >= 11 is 9.07. The van der Waals surface area contributed by atoms with Crippen LogP contribution in [-0.2, 0) is 10.0 Å². The van der Waals surface area contributed by atoms with Gasteiger partial charge in [0.1, 0.15) is 0 Å². The van der Waals surface area contributed by atoms with E-state index in [0.717, 1.165) is 4.47 Å². The lowest BCUT2D eigenvalue weighted by Crippen LogP contribution is -2.18. The summed E-state index contributed by atoms with van der Waals surface area (Å²) in [6, 6.07) is 4.87. The normalized spacial score (nSPS) is 11.4. The number of halogens is 2. The largest absolute Gasteiger partial charge is 0.330 e. The molecule has 0 atom stereocenters. The van der Waals surface area contributed by atoms with Gasteiger partial charge < -0.3 is 5.73 Å². The Morgan fingerprint density at radius 2 is 2.12 bits per heavy atom. The van der Waals surface area contributed by atoms with Gasteiger partial charge >= 0.3 is 0 Å². The fourth-order valence-electron chi connectivity index (χ4n) is 1.06. The first-order chi connectivity index (χ1) is 7.44. The second-order valence-corrected chi connectivity index (χ2v) is 6.30. The van der Waals surface area contributed by atoms with Crippen LogP contribution < -0.4 is 10.5 Å². The summed E-state index contributed by atoms with van der Waals surface area (Å²) in [5.74, 6) is 0.0111. The van der Waals surface area contributed by atoms with Gasteiger partial charge in [0, 0.05) is 4.47 Å². The third-order valence-corrected chi connectivity index (χ3v) is 4.42. The molecular formula is C9H12BrClN2O2S. The van der Waals surface area contributed by atoms with Crippen LogP contribution in [0.1, 0.15) is 6.42 Å². The van der Waals surface area contributed by atoms with E-state index in [9.17, 15) is 8.42 Å². The van der Waals surface area contributed by atoms with Gasteiger partial charge in [0.05, 0.1) is 16.5 Å². The third-order valence-electron chi connectivity index (χ3n) is 1.81. The van der Waals surface area contributed by atoms with Crippen LogP contribution in [0.3, 0.4) is 0 Å². The molecule has 1 aromatic rings. The average molecular weight is 328 g/mol. The van der Waals surface area contributed by atoms with Crippen LogP contribution in [0, 0.1) is 0 Å². The monoisotopic (exact) mass is 326 g/mol. The first kappa shape index (κ1) is 13.8. The zero-order valence-corrected chi connectivity index (χ0v) is 11.6. The van der Waals surface area contributed by atoms with Crippen LogP contribution in [0.25, 0.3) is 0 Å². The van der Waals surface area contributed by atoms with Gasteiger partial charge in [-0.05, 0) is 47.1 Å². The smallest absolute Gasteiger partial charge is 0.232 e. The predicted molar refractivity (Wildman–Crippen MR) is 70.2 cm³/mol. The average Bonchev–Trinajstić information content (AvgIpc) is 2.20. The van der Waals surface area contributed by atoms with Crippen molar-refractivity contribution in [2.24, 2.45) is 5.73 Å². The van der Waals surface area contributed by atoms with E-state index in [1.807, 2.05) is 0 Å². The number of hydrogen-bond donors (Lipinski definition) is 2. The molecule has 16 heavy (non-hydrogen) atoms. The van der Waals surface area contributed by atoms with Crippen molar-refractivity contribution >= 4 is 43.2 Å². The lowest BCUT2D eigenvalue weighted by atomic mass is 10.3. The molecule has 0 saturated heterocycles. The van der Waals surface area contributed by atoms with Crippen LogP contribution in [-0.4, -0.2) is 20.7 Å². The minimum atomic E-state index is -3.33. The fraction of sp³-hybridized carbons (Fsp3) is 0.333. The molecule has 0 bridgehead atoms. The molecule has 0 saturated carbocycles. The molecule has 0 aliphatic rings. The van der Waals surface area contributed by atoms with Gasteiger partial charge in [0.15, 0.2) is 0 Å². The number of nitrogens with two attached hydrogens (primary N) is 1. The lowest BCUT2D eigenvalue weighted by molar-refractivity contribution is 0.599. The van der Waals surface area contributed by atoms with E-state index in [2.05, 4.69) is 20.7 Å². The Hall–Kier alpha value is -0.300. The topological polar surface area (TPSA) is 72.2 Å². The number of benzene rings is 1. The van der Waals surface area contributed by atoms with Crippen molar-refractivity contribution in [3.8, 4) is 0 Å². The number of sulfonamides is 1. The highest BCUT2D eigenvalue weighted by atomic mass is 79.9. The number of anilines is 1. The molecule has 0 aliphatic heterocycles. The van der Waals surface area contributed by atoms with Gasteiger partial charge in [-0.3, -0.25) is 4.72 Å². The second-order valence-electron chi connectivity index (χ2n) is 3.19. The van der Waals surface area contributed by atoms with E-state index in [4.69, 9.17) is 17.3 Å². The highest BCUT2D eigenvalue weighted by Crippen LogP contribution is 2.25. The van der Waals surface area contributed by atoms with Gasteiger partial charge in [-0.1, -0.05) is 11.6 Å². The summed E-state index contributed by atoms with van der Waals surface area (Å²) in [7, 11) is -3.33. The van der Waals surface area contributed by atoms with Crippen LogP contribution in [0.5, 0.6) is 0 Å². The first-order valence-corrected chi connectivity index (χ1v) is 7.42. The molecule has 0 radical (unpaired) electrons. The van der Waals surface area contributed by atoms with Crippen LogP contribution in [0.2, 0.25) is 5.02 Å². The summed E-state index contributed by atoms with van der Waals surface area (Å²) < 4.78 is 26.2. The summed E-state index contributed by atoms with van der Waals surface area (Å²) in [4.78, 5) is 0. The summed E-state index contributed by atoms with van der Waals surface area (Å²) in [6.45, 7) is 0.349. The number of rotatable bonds is 5. The van der Waals surface area contributed by atoms with Gasteiger partial charge in [-0.25, -0.2) is 8.42 Å². The molecule has 3 N–H and O–H groups in total. The van der Waals surface area contributed by atoms with E-state index >= 15 is 0 Å². The molecular weight excluding hydrogens is 316 g/mol. The maximum Gasteiger partial charge on any atom is 0.232 e. The molecule has 0 amide bonds. The van der Waals surface area contributed by atoms with Gasteiger partial charge in [-0.15, -0.1) is 0 Å². The maximum atomic E-state index is 11.5. The van der Waals surface area contributed by atoms with Crippen molar-refractivity contribution in [2.75, 3.05) is 17.0 Å². The van der Waals surface area contributed by atoms with Crippen molar-refractivity contribution in [3.63, 3.8) is 0 Å². The second kappa shape index (κ2) is 5.86. The van der Waals surface area contributed by atoms with Crippen molar-refractivity contribution in [3.05, 3.63) is 27.7 Å². The summed E-state index contributed by atoms with van der Waals surface area (Å²) in [6.07, 6.45) is 0.430. The number of hydrogen-bond acceptors (Lipinski definition) is 3. The maximum absolute atomic E-state index is 11.5. The van der Waals surface area contributed by atoms with E-state index < -0.39 is 10.0 Å². The van der Waals surface area contributed by atoms with Crippen molar-refractivity contribution in [1.82, 2.24) is 0 Å². The molecule has 90 valence electrons. The zero-order chi connectivity index (χ0) is 12.2. The summed E-state index contributed by atoms with van der Waals surface area (Å²) in [5, 5.41) is 0.457. The minimum Gasteiger partial charge on any atom is -0.330 e. The standard InChI is InChI=1S/C9H12BrClN2O2S/c10-8-3-2-7(6-9(8)11)13-16(14,15)5-1-4-12/h2-3,6,13H,1,4-5,12H2. The zero-order valence-electron chi connectivity index (χ0n) is 8.41. The van der Waals surface area contributed by atoms with Gasteiger partial charge in [0.25, 0.3) is 0 Å². The Morgan fingerprint density at radius 3 is 2.69 bits per heavy atom. The molecule has 0 aliphatic carbocycles. The Bertz CT molecular complexity index is 465. The third kappa shape index (κ3) is 4.29. The SMILES string of the molecule is NCCCS(=O)(=O)Nc1ccc(Br)c(Cl)c1. The Labute approximate surface area is 108 Å². The van der Waals surface area contributed by atoms with E-state index in [-0.39, 0.29) is 5.75 Å². The van der Waals surface area contributed by atoms with E-state index in [0.29, 0.717) is 23.7 Å². The van der Waals surface area contributed by atoms with Crippen LogP contribution in [0.15, 0.2) is 22.7 Å². The Kier molecular flexibility index (Phi) is 5.04. The molecule has 0 unspecified atom stereocenters. The summed E-state index contributed by atoms with van der Waals surface area (Å²) in [5.41, 5.74) is 5.70. The van der Waals surface area contributed by atoms with Crippen molar-refractivity contribution < 1.29 is 8.42 Å². The van der Waals surface area contributed by atoms with Crippen molar-refractivity contribution in [1.29, 1.82) is 0 Å². The van der Waals surface area contributed by atoms with Crippen LogP contribution in [0.4, 0.5) is 5.69 Å². The molecule has 1 aromatic carbocycles. The van der Waals surface area contributed by atoms with E-state index in [1.165, 1.54) is 0 Å². The predicted octanol–water partition coefficient (Wildman–Crippen LogP) is 2.19. The number of nitrogens with one attached hydrogen (secondary N) is 1. The Balaban J connectivity index is 2.76. The van der Waals surface area contributed by atoms with Crippen molar-refractivity contribution in [2.45, 2.75) is 6.42 Å². The minimum absolute atomic E-state index is 0.0111. The Morgan fingerprint density at radius 1 is 1.44 bits per heavy atom.